The van der Waals surface area contributed by atoms with E-state index in [1.54, 1.807) is 18.3 Å². The number of anilines is 1. The molecule has 0 saturated carbocycles. The number of nitrogens with zero attached hydrogens (tertiary/aromatic N) is 3. The van der Waals surface area contributed by atoms with Crippen molar-refractivity contribution in [2.75, 3.05) is 11.9 Å². The fourth-order valence-corrected chi connectivity index (χ4v) is 3.62. The van der Waals surface area contributed by atoms with Crippen LogP contribution in [0.25, 0.3) is 0 Å². The van der Waals surface area contributed by atoms with Gasteiger partial charge in [0.2, 0.25) is 0 Å². The maximum Gasteiger partial charge on any atom is 0.261 e. The zero-order valence-corrected chi connectivity index (χ0v) is 17.6. The van der Waals surface area contributed by atoms with E-state index in [0.29, 0.717) is 35.5 Å². The number of imide groups is 1. The predicted molar refractivity (Wildman–Crippen MR) is 117 cm³/mol. The van der Waals surface area contributed by atoms with Gasteiger partial charge in [0, 0.05) is 36.7 Å². The van der Waals surface area contributed by atoms with Crippen LogP contribution in [0.15, 0.2) is 54.9 Å². The molecule has 1 aromatic heterocycles. The van der Waals surface area contributed by atoms with E-state index in [1.807, 2.05) is 48.9 Å². The number of benzene rings is 2. The predicted octanol–water partition coefficient (Wildman–Crippen LogP) is 3.89. The molecule has 1 aliphatic heterocycles. The summed E-state index contributed by atoms with van der Waals surface area (Å²) in [5.41, 5.74) is 2.74. The Balaban J connectivity index is 1.45. The number of nitrogens with one attached hydrogen (secondary N) is 1. The van der Waals surface area contributed by atoms with Crippen LogP contribution in [0, 0.1) is 6.92 Å². The van der Waals surface area contributed by atoms with Gasteiger partial charge in [0.15, 0.2) is 0 Å². The first-order valence-electron chi connectivity index (χ1n) is 10.4. The SMILES string of the molecule is CCCCN1C(=O)c2ccc(C(=O)Nc3ccc(Cn4ccnc4C)cc3)cc2C1=O. The van der Waals surface area contributed by atoms with Gasteiger partial charge in [0.1, 0.15) is 5.82 Å². The highest BCUT2D eigenvalue weighted by molar-refractivity contribution is 6.22. The van der Waals surface area contributed by atoms with Gasteiger partial charge in [-0.3, -0.25) is 19.3 Å². The number of carbonyl (C=O) groups excluding carboxylic acids is 3. The molecule has 3 amide bonds. The molecule has 0 saturated heterocycles. The fraction of sp³-hybridized carbons (Fsp3) is 0.250. The Kier molecular flexibility index (Phi) is 5.66. The molecule has 1 N–H and O–H groups in total. The monoisotopic (exact) mass is 416 g/mol. The summed E-state index contributed by atoms with van der Waals surface area (Å²) in [5.74, 6) is -0.00471. The molecule has 0 bridgehead atoms. The van der Waals surface area contributed by atoms with E-state index in [4.69, 9.17) is 0 Å². The molecule has 0 spiro atoms. The lowest BCUT2D eigenvalue weighted by atomic mass is 10.1. The van der Waals surface area contributed by atoms with Crippen molar-refractivity contribution < 1.29 is 14.4 Å². The molecule has 0 radical (unpaired) electrons. The zero-order chi connectivity index (χ0) is 22.0. The maximum atomic E-state index is 12.7. The van der Waals surface area contributed by atoms with E-state index in [0.717, 1.165) is 24.2 Å². The zero-order valence-electron chi connectivity index (χ0n) is 17.6. The van der Waals surface area contributed by atoms with Gasteiger partial charge in [-0.05, 0) is 49.2 Å². The van der Waals surface area contributed by atoms with Crippen LogP contribution in [-0.4, -0.2) is 38.7 Å². The topological polar surface area (TPSA) is 84.3 Å². The Morgan fingerprint density at radius 2 is 1.77 bits per heavy atom. The summed E-state index contributed by atoms with van der Waals surface area (Å²) < 4.78 is 2.04. The first kappa shape index (κ1) is 20.5. The van der Waals surface area contributed by atoms with Crippen molar-refractivity contribution in [1.82, 2.24) is 14.5 Å². The average molecular weight is 416 g/mol. The average Bonchev–Trinajstić information content (AvgIpc) is 3.28. The van der Waals surface area contributed by atoms with Gasteiger partial charge in [-0.25, -0.2) is 4.98 Å². The number of imidazole rings is 1. The summed E-state index contributed by atoms with van der Waals surface area (Å²) >= 11 is 0. The molecule has 158 valence electrons. The Morgan fingerprint density at radius 1 is 1.03 bits per heavy atom. The van der Waals surface area contributed by atoms with Gasteiger partial charge in [-0.2, -0.15) is 0 Å². The van der Waals surface area contributed by atoms with Crippen molar-refractivity contribution in [3.05, 3.63) is 82.9 Å². The quantitative estimate of drug-likeness (QED) is 0.592. The molecule has 31 heavy (non-hydrogen) atoms. The molecule has 4 rings (SSSR count). The first-order chi connectivity index (χ1) is 15.0. The molecule has 7 heteroatoms. The molecule has 0 atom stereocenters. The summed E-state index contributed by atoms with van der Waals surface area (Å²) in [5, 5.41) is 2.85. The second kappa shape index (κ2) is 8.55. The van der Waals surface area contributed by atoms with Gasteiger partial charge < -0.3 is 9.88 Å². The van der Waals surface area contributed by atoms with Crippen molar-refractivity contribution in [2.24, 2.45) is 0 Å². The van der Waals surface area contributed by atoms with E-state index in [9.17, 15) is 14.4 Å². The Morgan fingerprint density at radius 3 is 2.45 bits per heavy atom. The van der Waals surface area contributed by atoms with Crippen molar-refractivity contribution in [3.63, 3.8) is 0 Å². The Hall–Kier alpha value is -3.74. The lowest BCUT2D eigenvalue weighted by Crippen LogP contribution is -2.30. The molecule has 2 heterocycles. The van der Waals surface area contributed by atoms with E-state index >= 15 is 0 Å². The second-order valence-corrected chi connectivity index (χ2v) is 7.63. The lowest BCUT2D eigenvalue weighted by Gasteiger charge is -2.12. The van der Waals surface area contributed by atoms with Crippen LogP contribution in [0.3, 0.4) is 0 Å². The van der Waals surface area contributed by atoms with Crippen LogP contribution >= 0.6 is 0 Å². The van der Waals surface area contributed by atoms with Gasteiger partial charge in [0.25, 0.3) is 17.7 Å². The van der Waals surface area contributed by atoms with Crippen LogP contribution < -0.4 is 5.32 Å². The third kappa shape index (κ3) is 4.12. The molecule has 7 nitrogen and oxygen atoms in total. The van der Waals surface area contributed by atoms with Crippen LogP contribution in [0.2, 0.25) is 0 Å². The fourth-order valence-electron chi connectivity index (χ4n) is 3.62. The largest absolute Gasteiger partial charge is 0.331 e. The van der Waals surface area contributed by atoms with Gasteiger partial charge in [-0.1, -0.05) is 25.5 Å². The van der Waals surface area contributed by atoms with Crippen LogP contribution in [0.5, 0.6) is 0 Å². The molecular formula is C24H24N4O3. The normalized spacial score (nSPS) is 12.9. The number of amides is 3. The molecule has 1 aliphatic rings. The number of carbonyl (C=O) groups is 3. The number of aryl methyl sites for hydroxylation is 1. The highest BCUT2D eigenvalue weighted by Gasteiger charge is 2.35. The highest BCUT2D eigenvalue weighted by atomic mass is 16.2. The molecule has 2 aromatic carbocycles. The van der Waals surface area contributed by atoms with Crippen molar-refractivity contribution in [3.8, 4) is 0 Å². The summed E-state index contributed by atoms with van der Waals surface area (Å²) in [6, 6.07) is 12.2. The molecule has 3 aromatic rings. The van der Waals surface area contributed by atoms with Crippen LogP contribution in [0.1, 0.15) is 62.2 Å². The van der Waals surface area contributed by atoms with E-state index in [-0.39, 0.29) is 17.7 Å². The smallest absolute Gasteiger partial charge is 0.261 e. The number of aromatic nitrogens is 2. The first-order valence-corrected chi connectivity index (χ1v) is 10.4. The van der Waals surface area contributed by atoms with Crippen LogP contribution in [0.4, 0.5) is 5.69 Å². The van der Waals surface area contributed by atoms with Crippen molar-refractivity contribution >= 4 is 23.4 Å². The molecule has 0 aliphatic carbocycles. The van der Waals surface area contributed by atoms with Crippen molar-refractivity contribution in [2.45, 2.75) is 33.2 Å². The van der Waals surface area contributed by atoms with E-state index in [1.165, 1.54) is 11.0 Å². The summed E-state index contributed by atoms with van der Waals surface area (Å²) in [6.07, 6.45) is 5.34. The lowest BCUT2D eigenvalue weighted by molar-refractivity contribution is 0.0652. The number of unbranched alkanes of at least 4 members (excludes halogenated alkanes) is 1. The summed E-state index contributed by atoms with van der Waals surface area (Å²) in [7, 11) is 0. The van der Waals surface area contributed by atoms with Gasteiger partial charge in [0.05, 0.1) is 11.1 Å². The minimum absolute atomic E-state index is 0.288. The van der Waals surface area contributed by atoms with Gasteiger partial charge >= 0.3 is 0 Å². The third-order valence-electron chi connectivity index (χ3n) is 5.46. The third-order valence-corrected chi connectivity index (χ3v) is 5.46. The number of hydrogen-bond donors (Lipinski definition) is 1. The molecular weight excluding hydrogens is 392 g/mol. The van der Waals surface area contributed by atoms with E-state index < -0.39 is 0 Å². The molecule has 0 unspecified atom stereocenters. The van der Waals surface area contributed by atoms with Crippen molar-refractivity contribution in [1.29, 1.82) is 0 Å². The standard InChI is InChI=1S/C24H24N4O3/c1-3-4-12-28-23(30)20-10-7-18(14-21(20)24(28)31)22(29)26-19-8-5-17(6-9-19)15-27-13-11-25-16(27)2/h5-11,13-14H,3-4,12,15H2,1-2H3,(H,26,29). The van der Waals surface area contributed by atoms with E-state index in [2.05, 4.69) is 10.3 Å². The summed E-state index contributed by atoms with van der Waals surface area (Å²) in [4.78, 5) is 43.2. The Labute approximate surface area is 180 Å². The Bertz CT molecular complexity index is 1150. The molecule has 0 fully saturated rings. The number of rotatable bonds is 7. The van der Waals surface area contributed by atoms with Gasteiger partial charge in [-0.15, -0.1) is 0 Å². The van der Waals surface area contributed by atoms with Crippen LogP contribution in [-0.2, 0) is 6.54 Å². The summed E-state index contributed by atoms with van der Waals surface area (Å²) in [6.45, 7) is 5.06. The minimum atomic E-state index is -0.331. The number of fused-ring (bicyclic) bond motifs is 1. The second-order valence-electron chi connectivity index (χ2n) is 7.63. The number of hydrogen-bond acceptors (Lipinski definition) is 4. The minimum Gasteiger partial charge on any atom is -0.331 e. The maximum absolute atomic E-state index is 12.7. The highest BCUT2D eigenvalue weighted by Crippen LogP contribution is 2.25.